The molecule has 0 saturated carbocycles. The van der Waals surface area contributed by atoms with Gasteiger partial charge in [0.1, 0.15) is 13.2 Å². The first-order valence-electron chi connectivity index (χ1n) is 7.76. The molecule has 6 heteroatoms. The molecule has 2 amide bonds. The van der Waals surface area contributed by atoms with Crippen molar-refractivity contribution >= 4 is 29.3 Å². The molecule has 0 spiro atoms. The van der Waals surface area contributed by atoms with Gasteiger partial charge >= 0.3 is 12.2 Å². The molecule has 1 atom stereocenters. The van der Waals surface area contributed by atoms with E-state index in [1.54, 1.807) is 6.08 Å². The van der Waals surface area contributed by atoms with Crippen LogP contribution in [0.5, 0.6) is 0 Å². The van der Waals surface area contributed by atoms with Gasteiger partial charge in [-0.15, -0.1) is 6.58 Å². The highest BCUT2D eigenvalue weighted by Gasteiger charge is 2.50. The Morgan fingerprint density at radius 1 is 1.46 bits per heavy atom. The van der Waals surface area contributed by atoms with E-state index in [4.69, 9.17) is 21.7 Å². The van der Waals surface area contributed by atoms with Crippen LogP contribution >= 0.6 is 12.2 Å². The first-order chi connectivity index (χ1) is 11.5. The fourth-order valence-corrected chi connectivity index (χ4v) is 2.79. The van der Waals surface area contributed by atoms with Gasteiger partial charge in [-0.3, -0.25) is 0 Å². The Kier molecular flexibility index (Phi) is 6.09. The third-order valence-corrected chi connectivity index (χ3v) is 4.18. The van der Waals surface area contributed by atoms with E-state index >= 15 is 0 Å². The van der Waals surface area contributed by atoms with E-state index in [0.29, 0.717) is 19.3 Å². The second-order valence-corrected chi connectivity index (χ2v) is 6.55. The van der Waals surface area contributed by atoms with Crippen LogP contribution in [-0.4, -0.2) is 34.1 Å². The van der Waals surface area contributed by atoms with Crippen molar-refractivity contribution in [3.8, 4) is 0 Å². The highest BCUT2D eigenvalue weighted by molar-refractivity contribution is 7.80. The van der Waals surface area contributed by atoms with Crippen molar-refractivity contribution in [1.82, 2.24) is 4.90 Å². The molecule has 1 saturated heterocycles. The molecule has 0 bridgehead atoms. The summed E-state index contributed by atoms with van der Waals surface area (Å²) in [6, 6.07) is 9.30. The number of hydrogen-bond donors (Lipinski definition) is 0. The van der Waals surface area contributed by atoms with Gasteiger partial charge in [0.25, 0.3) is 0 Å². The molecule has 1 aliphatic heterocycles. The maximum absolute atomic E-state index is 12.5. The van der Waals surface area contributed by atoms with E-state index in [2.05, 4.69) is 6.58 Å². The number of hydrogen-bond acceptors (Lipinski definition) is 5. The lowest BCUT2D eigenvalue weighted by Gasteiger charge is -2.32. The number of amides is 2. The Labute approximate surface area is 147 Å². The Morgan fingerprint density at radius 3 is 2.79 bits per heavy atom. The summed E-state index contributed by atoms with van der Waals surface area (Å²) in [5, 5.41) is 0. The largest absolute Gasteiger partial charge is 0.446 e. The molecule has 5 nitrogen and oxygen atoms in total. The summed E-state index contributed by atoms with van der Waals surface area (Å²) < 4.78 is 10.4. The van der Waals surface area contributed by atoms with Crippen LogP contribution < -0.4 is 0 Å². The molecular weight excluding hydrogens is 326 g/mol. The average molecular weight is 347 g/mol. The molecule has 1 aromatic rings. The molecule has 2 rings (SSSR count). The second-order valence-electron chi connectivity index (χ2n) is 5.85. The number of carbonyl (C=O) groups excluding carboxylic acids is 2. The van der Waals surface area contributed by atoms with Crippen LogP contribution in [0.2, 0.25) is 0 Å². The molecular formula is C18H21NO4S. The molecule has 0 radical (unpaired) electrons. The lowest BCUT2D eigenvalue weighted by Crippen LogP contribution is -2.50. The fraction of sp³-hybridized carbons (Fsp3) is 0.389. The highest BCUT2D eigenvalue weighted by atomic mass is 32.1. The van der Waals surface area contributed by atoms with E-state index in [1.165, 1.54) is 0 Å². The molecule has 24 heavy (non-hydrogen) atoms. The van der Waals surface area contributed by atoms with Crippen molar-refractivity contribution in [1.29, 1.82) is 0 Å². The quantitative estimate of drug-likeness (QED) is 0.545. The molecule has 0 N–H and O–H groups in total. The minimum Gasteiger partial charge on any atom is -0.446 e. The first-order valence-corrected chi connectivity index (χ1v) is 8.17. The molecule has 1 fully saturated rings. The Hall–Kier alpha value is -2.21. The van der Waals surface area contributed by atoms with Gasteiger partial charge in [0.05, 0.1) is 5.54 Å². The van der Waals surface area contributed by atoms with Crippen LogP contribution in [0.15, 0.2) is 43.0 Å². The molecule has 1 heterocycles. The maximum atomic E-state index is 12.5. The van der Waals surface area contributed by atoms with Crippen LogP contribution in [0, 0.1) is 0 Å². The first kappa shape index (κ1) is 18.1. The van der Waals surface area contributed by atoms with Gasteiger partial charge < -0.3 is 9.47 Å². The van der Waals surface area contributed by atoms with Crippen molar-refractivity contribution in [2.45, 2.75) is 38.3 Å². The number of imide groups is 1. The average Bonchev–Trinajstić information content (AvgIpc) is 2.89. The summed E-state index contributed by atoms with van der Waals surface area (Å²) in [6.07, 6.45) is 1.87. The summed E-state index contributed by atoms with van der Waals surface area (Å²) in [5.41, 5.74) is 0.0645. The van der Waals surface area contributed by atoms with Crippen molar-refractivity contribution in [3.63, 3.8) is 0 Å². The minimum absolute atomic E-state index is 0.0970. The van der Waals surface area contributed by atoms with Crippen LogP contribution in [0.4, 0.5) is 9.59 Å². The SMILES string of the molecule is C=CCC1(CCC(C)=S)COC(=O)N1C(=O)OCc1ccccc1. The van der Waals surface area contributed by atoms with Crippen molar-refractivity contribution < 1.29 is 19.1 Å². The highest BCUT2D eigenvalue weighted by Crippen LogP contribution is 2.34. The Balaban J connectivity index is 2.12. The zero-order chi connectivity index (χ0) is 17.6. The molecule has 0 aromatic heterocycles. The molecule has 128 valence electrons. The summed E-state index contributed by atoms with van der Waals surface area (Å²) in [4.78, 5) is 26.5. The Bertz CT molecular complexity index is 631. The number of ether oxygens (including phenoxy) is 2. The van der Waals surface area contributed by atoms with Gasteiger partial charge in [0.2, 0.25) is 0 Å². The third kappa shape index (κ3) is 4.20. The predicted molar refractivity (Wildman–Crippen MR) is 94.9 cm³/mol. The molecule has 1 aliphatic rings. The maximum Gasteiger partial charge on any atom is 0.420 e. The third-order valence-electron chi connectivity index (χ3n) is 3.98. The van der Waals surface area contributed by atoms with E-state index in [1.807, 2.05) is 37.3 Å². The number of carbonyl (C=O) groups is 2. The van der Waals surface area contributed by atoms with Gasteiger partial charge in [-0.2, -0.15) is 0 Å². The zero-order valence-corrected chi connectivity index (χ0v) is 14.5. The summed E-state index contributed by atoms with van der Waals surface area (Å²) >= 11 is 5.13. The van der Waals surface area contributed by atoms with Gasteiger partial charge in [-0.25, -0.2) is 14.5 Å². The second kappa shape index (κ2) is 8.06. The van der Waals surface area contributed by atoms with Crippen LogP contribution in [0.3, 0.4) is 0 Å². The normalized spacial score (nSPS) is 19.7. The van der Waals surface area contributed by atoms with Crippen molar-refractivity contribution in [3.05, 3.63) is 48.6 Å². The van der Waals surface area contributed by atoms with E-state index in [0.717, 1.165) is 15.3 Å². The lowest BCUT2D eigenvalue weighted by molar-refractivity contribution is 0.0778. The van der Waals surface area contributed by atoms with Gasteiger partial charge in [-0.05, 0) is 36.6 Å². The number of rotatable bonds is 7. The summed E-state index contributed by atoms with van der Waals surface area (Å²) in [5.74, 6) is 0. The van der Waals surface area contributed by atoms with Gasteiger partial charge in [0, 0.05) is 0 Å². The monoisotopic (exact) mass is 347 g/mol. The topological polar surface area (TPSA) is 55.8 Å². The molecule has 0 aliphatic carbocycles. The summed E-state index contributed by atoms with van der Waals surface area (Å²) in [7, 11) is 0. The fourth-order valence-electron chi connectivity index (χ4n) is 2.68. The lowest BCUT2D eigenvalue weighted by atomic mass is 9.89. The number of nitrogens with zero attached hydrogens (tertiary/aromatic N) is 1. The van der Waals surface area contributed by atoms with Gasteiger partial charge in [-0.1, -0.05) is 48.6 Å². The van der Waals surface area contributed by atoms with Gasteiger partial charge in [0.15, 0.2) is 0 Å². The van der Waals surface area contributed by atoms with E-state index in [-0.39, 0.29) is 13.2 Å². The number of thiocarbonyl (C=S) groups is 1. The van der Waals surface area contributed by atoms with Crippen LogP contribution in [-0.2, 0) is 16.1 Å². The smallest absolute Gasteiger partial charge is 0.420 e. The summed E-state index contributed by atoms with van der Waals surface area (Å²) in [6.45, 7) is 5.79. The predicted octanol–water partition coefficient (Wildman–Crippen LogP) is 4.26. The standard InChI is InChI=1S/C18H21NO4S/c1-3-10-18(11-9-14(2)24)13-23-17(21)19(18)16(20)22-12-15-7-5-4-6-8-15/h3-8H,1,9-13H2,2H3. The molecule has 1 aromatic carbocycles. The van der Waals surface area contributed by atoms with Crippen LogP contribution in [0.25, 0.3) is 0 Å². The van der Waals surface area contributed by atoms with E-state index < -0.39 is 17.7 Å². The zero-order valence-electron chi connectivity index (χ0n) is 13.7. The molecule has 1 unspecified atom stereocenters. The number of benzene rings is 1. The Morgan fingerprint density at radius 2 is 2.17 bits per heavy atom. The van der Waals surface area contributed by atoms with Crippen molar-refractivity contribution in [2.75, 3.05) is 6.61 Å². The minimum atomic E-state index is -0.785. The van der Waals surface area contributed by atoms with E-state index in [9.17, 15) is 9.59 Å². The number of cyclic esters (lactones) is 1. The van der Waals surface area contributed by atoms with Crippen molar-refractivity contribution in [2.24, 2.45) is 0 Å². The van der Waals surface area contributed by atoms with Crippen LogP contribution in [0.1, 0.15) is 31.7 Å².